The molecule has 1 N–H and O–H groups in total. The van der Waals surface area contributed by atoms with Gasteiger partial charge in [-0.25, -0.2) is 13.1 Å². The second-order valence-electron chi connectivity index (χ2n) is 4.88. The molecule has 0 heterocycles. The number of rotatable bonds is 6. The highest BCUT2D eigenvalue weighted by atomic mass is 79.9. The first-order chi connectivity index (χ1) is 11.6. The number of nitrogens with one attached hydrogen (secondary N) is 1. The molecule has 0 atom stereocenters. The van der Waals surface area contributed by atoms with Gasteiger partial charge < -0.3 is 4.74 Å². The van der Waals surface area contributed by atoms with Gasteiger partial charge in [0.05, 0.1) is 5.02 Å². The molecule has 0 aliphatic rings. The van der Waals surface area contributed by atoms with Gasteiger partial charge in [-0.15, -0.1) is 13.2 Å². The first-order valence-electron chi connectivity index (χ1n) is 6.87. The van der Waals surface area contributed by atoms with Crippen molar-refractivity contribution in [3.8, 4) is 5.75 Å². The van der Waals surface area contributed by atoms with E-state index in [2.05, 4.69) is 25.4 Å². The SMILES string of the molecule is O=S(=O)(NCCc1ccccc1OC(F)(F)F)c1cc(Br)ccc1Cl. The second kappa shape index (κ2) is 7.94. The Labute approximate surface area is 156 Å². The highest BCUT2D eigenvalue weighted by Gasteiger charge is 2.32. The van der Waals surface area contributed by atoms with E-state index in [0.29, 0.717) is 4.47 Å². The molecule has 10 heteroatoms. The Bertz CT molecular complexity index is 859. The maximum atomic E-state index is 12.4. The van der Waals surface area contributed by atoms with Crippen LogP contribution in [-0.2, 0) is 16.4 Å². The van der Waals surface area contributed by atoms with Crippen LogP contribution in [0.15, 0.2) is 51.8 Å². The highest BCUT2D eigenvalue weighted by molar-refractivity contribution is 9.10. The fourth-order valence-corrected chi connectivity index (χ4v) is 4.08. The van der Waals surface area contributed by atoms with Crippen molar-refractivity contribution in [1.82, 2.24) is 4.72 Å². The van der Waals surface area contributed by atoms with Gasteiger partial charge in [0.1, 0.15) is 10.6 Å². The lowest BCUT2D eigenvalue weighted by Crippen LogP contribution is -2.26. The van der Waals surface area contributed by atoms with E-state index in [1.165, 1.54) is 36.4 Å². The molecule has 0 amide bonds. The summed E-state index contributed by atoms with van der Waals surface area (Å²) in [5.41, 5.74) is 0.225. The highest BCUT2D eigenvalue weighted by Crippen LogP contribution is 2.27. The molecule has 2 aromatic rings. The molecule has 0 spiro atoms. The fraction of sp³-hybridized carbons (Fsp3) is 0.200. The Morgan fingerprint density at radius 3 is 2.52 bits per heavy atom. The summed E-state index contributed by atoms with van der Waals surface area (Å²) < 4.78 is 68.5. The first-order valence-corrected chi connectivity index (χ1v) is 9.52. The Balaban J connectivity index is 2.09. The van der Waals surface area contributed by atoms with Crippen LogP contribution in [0.5, 0.6) is 5.75 Å². The monoisotopic (exact) mass is 457 g/mol. The molecule has 2 aromatic carbocycles. The third-order valence-electron chi connectivity index (χ3n) is 3.07. The summed E-state index contributed by atoms with van der Waals surface area (Å²) in [7, 11) is -3.91. The van der Waals surface area contributed by atoms with E-state index in [-0.39, 0.29) is 34.2 Å². The van der Waals surface area contributed by atoms with Gasteiger partial charge in [-0.2, -0.15) is 0 Å². The van der Waals surface area contributed by atoms with Crippen LogP contribution in [-0.4, -0.2) is 21.3 Å². The number of para-hydroxylation sites is 1. The van der Waals surface area contributed by atoms with E-state index in [9.17, 15) is 21.6 Å². The molecule has 0 fully saturated rings. The van der Waals surface area contributed by atoms with Crippen molar-refractivity contribution >= 4 is 37.6 Å². The lowest BCUT2D eigenvalue weighted by Gasteiger charge is -2.13. The topological polar surface area (TPSA) is 55.4 Å². The van der Waals surface area contributed by atoms with Crippen LogP contribution in [0.4, 0.5) is 13.2 Å². The van der Waals surface area contributed by atoms with E-state index in [4.69, 9.17) is 11.6 Å². The maximum Gasteiger partial charge on any atom is 0.573 e. The average Bonchev–Trinajstić information content (AvgIpc) is 2.50. The van der Waals surface area contributed by atoms with E-state index >= 15 is 0 Å². The maximum absolute atomic E-state index is 12.4. The molecule has 0 aromatic heterocycles. The molecule has 25 heavy (non-hydrogen) atoms. The minimum absolute atomic E-state index is 0.0110. The molecule has 0 aliphatic carbocycles. The van der Waals surface area contributed by atoms with Gasteiger partial charge in [-0.1, -0.05) is 45.7 Å². The van der Waals surface area contributed by atoms with Crippen LogP contribution in [0.2, 0.25) is 5.02 Å². The lowest BCUT2D eigenvalue weighted by molar-refractivity contribution is -0.274. The van der Waals surface area contributed by atoms with Gasteiger partial charge in [-0.05, 0) is 36.2 Å². The van der Waals surface area contributed by atoms with E-state index in [1.54, 1.807) is 6.07 Å². The number of hydrogen-bond donors (Lipinski definition) is 1. The quantitative estimate of drug-likeness (QED) is 0.692. The predicted octanol–water partition coefficient (Wildman–Crippen LogP) is 4.52. The summed E-state index contributed by atoms with van der Waals surface area (Å²) >= 11 is 9.05. The first kappa shape index (κ1) is 20.0. The van der Waals surface area contributed by atoms with Crippen LogP contribution >= 0.6 is 27.5 Å². The Morgan fingerprint density at radius 2 is 1.84 bits per heavy atom. The van der Waals surface area contributed by atoms with Gasteiger partial charge >= 0.3 is 6.36 Å². The van der Waals surface area contributed by atoms with Crippen LogP contribution < -0.4 is 9.46 Å². The average molecular weight is 459 g/mol. The zero-order valence-electron chi connectivity index (χ0n) is 12.5. The van der Waals surface area contributed by atoms with Crippen LogP contribution in [0.25, 0.3) is 0 Å². The molecule has 4 nitrogen and oxygen atoms in total. The van der Waals surface area contributed by atoms with Crippen molar-refractivity contribution in [3.05, 3.63) is 57.5 Å². The van der Waals surface area contributed by atoms with Crippen LogP contribution in [0, 0.1) is 0 Å². The Kier molecular flexibility index (Phi) is 6.36. The number of alkyl halides is 3. The van der Waals surface area contributed by atoms with Crippen LogP contribution in [0.1, 0.15) is 5.56 Å². The largest absolute Gasteiger partial charge is 0.573 e. The Morgan fingerprint density at radius 1 is 1.16 bits per heavy atom. The molecule has 0 unspecified atom stereocenters. The molecular weight excluding hydrogens is 447 g/mol. The van der Waals surface area contributed by atoms with Crippen molar-refractivity contribution in [1.29, 1.82) is 0 Å². The van der Waals surface area contributed by atoms with E-state index in [1.807, 2.05) is 0 Å². The third-order valence-corrected chi connectivity index (χ3v) is 5.50. The zero-order valence-corrected chi connectivity index (χ0v) is 15.6. The summed E-state index contributed by atoms with van der Waals surface area (Å²) in [6.45, 7) is -0.122. The molecule has 136 valence electrons. The summed E-state index contributed by atoms with van der Waals surface area (Å²) in [6, 6.07) is 9.89. The minimum Gasteiger partial charge on any atom is -0.406 e. The molecular formula is C15H12BrClF3NO3S. The summed E-state index contributed by atoms with van der Waals surface area (Å²) in [5, 5.41) is 0.0384. The van der Waals surface area contributed by atoms with Crippen molar-refractivity contribution in [3.63, 3.8) is 0 Å². The number of benzene rings is 2. The third kappa shape index (κ3) is 5.88. The standard InChI is InChI=1S/C15H12BrClF3NO3S/c16-11-5-6-12(17)14(9-11)25(22,23)21-8-7-10-3-1-2-4-13(10)24-15(18,19)20/h1-6,9,21H,7-8H2. The van der Waals surface area contributed by atoms with Crippen molar-refractivity contribution < 1.29 is 26.3 Å². The van der Waals surface area contributed by atoms with Crippen LogP contribution in [0.3, 0.4) is 0 Å². The molecule has 0 radical (unpaired) electrons. The van der Waals surface area contributed by atoms with Gasteiger partial charge in [0.2, 0.25) is 10.0 Å². The van der Waals surface area contributed by atoms with Gasteiger partial charge in [0.15, 0.2) is 0 Å². The van der Waals surface area contributed by atoms with Crippen molar-refractivity contribution in [2.24, 2.45) is 0 Å². The number of halogens is 5. The second-order valence-corrected chi connectivity index (χ2v) is 7.94. The molecule has 0 saturated heterocycles. The molecule has 0 aliphatic heterocycles. The predicted molar refractivity (Wildman–Crippen MR) is 91.2 cm³/mol. The number of sulfonamides is 1. The van der Waals surface area contributed by atoms with E-state index in [0.717, 1.165) is 0 Å². The van der Waals surface area contributed by atoms with Crippen molar-refractivity contribution in [2.75, 3.05) is 6.54 Å². The smallest absolute Gasteiger partial charge is 0.406 e. The van der Waals surface area contributed by atoms with Gasteiger partial charge in [-0.3, -0.25) is 0 Å². The normalized spacial score (nSPS) is 12.2. The summed E-state index contributed by atoms with van der Waals surface area (Å²) in [5.74, 6) is -0.366. The number of hydrogen-bond acceptors (Lipinski definition) is 3. The minimum atomic E-state index is -4.82. The lowest BCUT2D eigenvalue weighted by atomic mass is 10.1. The van der Waals surface area contributed by atoms with Gasteiger partial charge in [0, 0.05) is 11.0 Å². The zero-order chi connectivity index (χ0) is 18.7. The number of ether oxygens (including phenoxy) is 1. The Hall–Kier alpha value is -1.29. The molecule has 2 rings (SSSR count). The molecule has 0 bridgehead atoms. The fourth-order valence-electron chi connectivity index (χ4n) is 2.02. The van der Waals surface area contributed by atoms with Crippen molar-refractivity contribution in [2.45, 2.75) is 17.7 Å². The summed E-state index contributed by atoms with van der Waals surface area (Å²) in [6.07, 6.45) is -4.81. The van der Waals surface area contributed by atoms with Gasteiger partial charge in [0.25, 0.3) is 0 Å². The van der Waals surface area contributed by atoms with E-state index < -0.39 is 16.4 Å². The molecule has 0 saturated carbocycles. The summed E-state index contributed by atoms with van der Waals surface area (Å²) in [4.78, 5) is -0.122.